The first-order valence-electron chi connectivity index (χ1n) is 10.0. The number of rotatable bonds is 9. The van der Waals surface area contributed by atoms with Crippen LogP contribution in [0.1, 0.15) is 28.9 Å². The van der Waals surface area contributed by atoms with E-state index in [9.17, 15) is 19.7 Å². The Morgan fingerprint density at radius 3 is 2.33 bits per heavy atom. The zero-order valence-corrected chi connectivity index (χ0v) is 18.0. The number of nitrogens with zero attached hydrogens (tertiary/aromatic N) is 1. The molecule has 0 bridgehead atoms. The summed E-state index contributed by atoms with van der Waals surface area (Å²) in [5.74, 6) is -0.813. The molecule has 33 heavy (non-hydrogen) atoms. The van der Waals surface area contributed by atoms with Crippen molar-refractivity contribution in [1.29, 1.82) is 0 Å². The number of amides is 1. The SMILES string of the molecule is CCOc1ccc(C(=O)OC(C(=O)Nc2ccc(OC)cc2)c2ccccc2)cc1[N+](=O)[O-]. The summed E-state index contributed by atoms with van der Waals surface area (Å²) in [6.45, 7) is 1.92. The quantitative estimate of drug-likeness (QED) is 0.289. The van der Waals surface area contributed by atoms with Crippen molar-refractivity contribution in [3.63, 3.8) is 0 Å². The third-order valence-electron chi connectivity index (χ3n) is 4.61. The molecule has 3 aromatic rings. The van der Waals surface area contributed by atoms with E-state index < -0.39 is 22.9 Å². The molecule has 0 aromatic heterocycles. The molecule has 3 rings (SSSR count). The number of nitrogens with one attached hydrogen (secondary N) is 1. The highest BCUT2D eigenvalue weighted by Gasteiger charge is 2.27. The number of hydrogen-bond donors (Lipinski definition) is 1. The number of nitro groups is 1. The topological polar surface area (TPSA) is 117 Å². The van der Waals surface area contributed by atoms with Crippen LogP contribution in [0, 0.1) is 10.1 Å². The second-order valence-electron chi connectivity index (χ2n) is 6.79. The van der Waals surface area contributed by atoms with E-state index in [1.165, 1.54) is 19.2 Å². The van der Waals surface area contributed by atoms with Gasteiger partial charge < -0.3 is 19.5 Å². The first kappa shape index (κ1) is 23.3. The summed E-state index contributed by atoms with van der Waals surface area (Å²) in [5, 5.41) is 14.1. The molecule has 1 amide bonds. The molecule has 0 aliphatic carbocycles. The third kappa shape index (κ3) is 5.85. The fourth-order valence-corrected chi connectivity index (χ4v) is 3.02. The van der Waals surface area contributed by atoms with Crippen LogP contribution in [0.4, 0.5) is 11.4 Å². The normalized spacial score (nSPS) is 11.2. The molecule has 0 saturated carbocycles. The Bertz CT molecular complexity index is 1130. The van der Waals surface area contributed by atoms with Crippen molar-refractivity contribution in [3.05, 3.63) is 94.0 Å². The minimum absolute atomic E-state index is 0.0379. The monoisotopic (exact) mass is 450 g/mol. The molecule has 0 heterocycles. The predicted molar refractivity (Wildman–Crippen MR) is 120 cm³/mol. The molecule has 0 fully saturated rings. The van der Waals surface area contributed by atoms with Crippen LogP contribution >= 0.6 is 0 Å². The van der Waals surface area contributed by atoms with Gasteiger partial charge in [-0.05, 0) is 43.3 Å². The van der Waals surface area contributed by atoms with Crippen LogP contribution in [-0.4, -0.2) is 30.5 Å². The highest BCUT2D eigenvalue weighted by molar-refractivity contribution is 5.98. The van der Waals surface area contributed by atoms with Crippen molar-refractivity contribution in [2.24, 2.45) is 0 Å². The summed E-state index contributed by atoms with van der Waals surface area (Å²) in [6, 6.07) is 18.9. The second-order valence-corrected chi connectivity index (χ2v) is 6.79. The van der Waals surface area contributed by atoms with Crippen molar-refractivity contribution in [2.75, 3.05) is 19.0 Å². The van der Waals surface area contributed by atoms with Crippen molar-refractivity contribution in [2.45, 2.75) is 13.0 Å². The van der Waals surface area contributed by atoms with Crippen molar-refractivity contribution in [1.82, 2.24) is 0 Å². The molecule has 0 saturated heterocycles. The van der Waals surface area contributed by atoms with Crippen molar-refractivity contribution >= 4 is 23.3 Å². The Morgan fingerprint density at radius 2 is 1.73 bits per heavy atom. The number of nitro benzene ring substituents is 1. The first-order valence-corrected chi connectivity index (χ1v) is 10.0. The van der Waals surface area contributed by atoms with Gasteiger partial charge in [0, 0.05) is 17.3 Å². The minimum Gasteiger partial charge on any atom is -0.497 e. The molecule has 1 unspecified atom stereocenters. The molecule has 0 aliphatic heterocycles. The van der Waals surface area contributed by atoms with Gasteiger partial charge >= 0.3 is 11.7 Å². The molecule has 1 atom stereocenters. The average Bonchev–Trinajstić information content (AvgIpc) is 2.83. The van der Waals surface area contributed by atoms with Crippen LogP contribution in [0.2, 0.25) is 0 Å². The van der Waals surface area contributed by atoms with Crippen LogP contribution in [0.3, 0.4) is 0 Å². The Labute approximate surface area is 190 Å². The molecular weight excluding hydrogens is 428 g/mol. The van der Waals surface area contributed by atoms with E-state index in [1.807, 2.05) is 0 Å². The van der Waals surface area contributed by atoms with Crippen LogP contribution < -0.4 is 14.8 Å². The largest absolute Gasteiger partial charge is 0.497 e. The van der Waals surface area contributed by atoms with Gasteiger partial charge in [0.05, 0.1) is 24.2 Å². The van der Waals surface area contributed by atoms with Gasteiger partial charge in [-0.2, -0.15) is 0 Å². The molecule has 0 radical (unpaired) electrons. The minimum atomic E-state index is -1.29. The summed E-state index contributed by atoms with van der Waals surface area (Å²) >= 11 is 0. The molecule has 3 aromatic carbocycles. The maximum absolute atomic E-state index is 13.0. The molecule has 9 nitrogen and oxygen atoms in total. The van der Waals surface area contributed by atoms with E-state index in [2.05, 4.69) is 5.32 Å². The van der Waals surface area contributed by atoms with E-state index in [-0.39, 0.29) is 23.6 Å². The maximum Gasteiger partial charge on any atom is 0.339 e. The van der Waals surface area contributed by atoms with E-state index in [0.29, 0.717) is 17.0 Å². The third-order valence-corrected chi connectivity index (χ3v) is 4.61. The van der Waals surface area contributed by atoms with Crippen LogP contribution in [0.15, 0.2) is 72.8 Å². The number of anilines is 1. The smallest absolute Gasteiger partial charge is 0.339 e. The van der Waals surface area contributed by atoms with Crippen LogP contribution in [0.25, 0.3) is 0 Å². The summed E-state index contributed by atoms with van der Waals surface area (Å²) in [4.78, 5) is 36.6. The van der Waals surface area contributed by atoms with Crippen molar-refractivity contribution < 1.29 is 28.7 Å². The van der Waals surface area contributed by atoms with Gasteiger partial charge in [0.1, 0.15) is 5.75 Å². The van der Waals surface area contributed by atoms with E-state index in [1.54, 1.807) is 61.5 Å². The summed E-state index contributed by atoms with van der Waals surface area (Å²) < 4.78 is 15.8. The van der Waals surface area contributed by atoms with Gasteiger partial charge in [0.25, 0.3) is 5.91 Å². The van der Waals surface area contributed by atoms with Gasteiger partial charge in [-0.25, -0.2) is 4.79 Å². The van der Waals surface area contributed by atoms with E-state index >= 15 is 0 Å². The van der Waals surface area contributed by atoms with Gasteiger partial charge in [0.15, 0.2) is 5.75 Å². The highest BCUT2D eigenvalue weighted by Crippen LogP contribution is 2.29. The maximum atomic E-state index is 13.0. The zero-order valence-electron chi connectivity index (χ0n) is 18.0. The lowest BCUT2D eigenvalue weighted by atomic mass is 10.1. The summed E-state index contributed by atoms with van der Waals surface area (Å²) in [6.07, 6.45) is -1.29. The highest BCUT2D eigenvalue weighted by atomic mass is 16.6. The van der Waals surface area contributed by atoms with E-state index in [4.69, 9.17) is 14.2 Å². The van der Waals surface area contributed by atoms with Gasteiger partial charge in [-0.3, -0.25) is 14.9 Å². The lowest BCUT2D eigenvalue weighted by Gasteiger charge is -2.18. The fourth-order valence-electron chi connectivity index (χ4n) is 3.02. The average molecular weight is 450 g/mol. The van der Waals surface area contributed by atoms with Gasteiger partial charge in [-0.15, -0.1) is 0 Å². The second kappa shape index (κ2) is 10.8. The standard InChI is InChI=1S/C24H22N2O7/c1-3-32-21-14-9-17(15-20(21)26(29)30)24(28)33-22(16-7-5-4-6-8-16)23(27)25-18-10-12-19(31-2)13-11-18/h4-15,22H,3H2,1-2H3,(H,25,27). The van der Waals surface area contributed by atoms with Crippen LogP contribution in [-0.2, 0) is 9.53 Å². The molecule has 170 valence electrons. The Morgan fingerprint density at radius 1 is 1.03 bits per heavy atom. The van der Waals surface area contributed by atoms with Gasteiger partial charge in [-0.1, -0.05) is 30.3 Å². The molecule has 9 heteroatoms. The fraction of sp³-hybridized carbons (Fsp3) is 0.167. The van der Waals surface area contributed by atoms with Crippen LogP contribution in [0.5, 0.6) is 11.5 Å². The summed E-state index contributed by atoms with van der Waals surface area (Å²) in [5.41, 5.74) is 0.473. The molecular formula is C24H22N2O7. The predicted octanol–water partition coefficient (Wildman–Crippen LogP) is 4.54. The van der Waals surface area contributed by atoms with E-state index in [0.717, 1.165) is 6.07 Å². The number of hydrogen-bond acceptors (Lipinski definition) is 7. The number of ether oxygens (including phenoxy) is 3. The first-order chi connectivity index (χ1) is 15.9. The number of methoxy groups -OCH3 is 1. The lowest BCUT2D eigenvalue weighted by Crippen LogP contribution is -2.26. The molecule has 0 aliphatic rings. The Kier molecular flexibility index (Phi) is 7.59. The number of benzene rings is 3. The van der Waals surface area contributed by atoms with Gasteiger partial charge in [0.2, 0.25) is 6.10 Å². The number of esters is 1. The Hall–Kier alpha value is -4.40. The van der Waals surface area contributed by atoms with Crippen molar-refractivity contribution in [3.8, 4) is 11.5 Å². The number of carbonyl (C=O) groups excluding carboxylic acids is 2. The molecule has 0 spiro atoms. The zero-order chi connectivity index (χ0) is 23.8. The summed E-state index contributed by atoms with van der Waals surface area (Å²) in [7, 11) is 1.53. The Balaban J connectivity index is 1.86. The molecule has 1 N–H and O–H groups in total. The number of carbonyl (C=O) groups is 2. The lowest BCUT2D eigenvalue weighted by molar-refractivity contribution is -0.385.